The summed E-state index contributed by atoms with van der Waals surface area (Å²) in [6, 6.07) is 12.1. The van der Waals surface area contributed by atoms with Crippen molar-refractivity contribution < 1.29 is 9.84 Å². The first-order valence-corrected chi connectivity index (χ1v) is 8.54. The predicted octanol–water partition coefficient (Wildman–Crippen LogP) is 2.51. The molecule has 130 valence electrons. The molecule has 3 heterocycles. The molecule has 4 rings (SSSR count). The van der Waals surface area contributed by atoms with E-state index in [4.69, 9.17) is 9.72 Å². The summed E-state index contributed by atoms with van der Waals surface area (Å²) in [5, 5.41) is 15.3. The van der Waals surface area contributed by atoms with Crippen LogP contribution in [0.4, 0.5) is 0 Å². The molecule has 1 atom stereocenters. The van der Waals surface area contributed by atoms with Gasteiger partial charge >= 0.3 is 0 Å². The fourth-order valence-electron chi connectivity index (χ4n) is 3.32. The number of hydrogen-bond acceptors (Lipinski definition) is 5. The molecule has 1 aliphatic heterocycles. The molecule has 6 nitrogen and oxygen atoms in total. The number of methoxy groups -OCH3 is 1. The van der Waals surface area contributed by atoms with Crippen LogP contribution in [-0.4, -0.2) is 38.4 Å². The zero-order valence-corrected chi connectivity index (χ0v) is 14.5. The van der Waals surface area contributed by atoms with E-state index < -0.39 is 6.10 Å². The van der Waals surface area contributed by atoms with Crippen LogP contribution < -0.4 is 4.74 Å². The molecule has 1 aromatic carbocycles. The molecule has 0 saturated carbocycles. The van der Waals surface area contributed by atoms with Gasteiger partial charge in [0.25, 0.3) is 0 Å². The number of hydrogen-bond donors (Lipinski definition) is 1. The number of benzene rings is 1. The number of pyridine rings is 1. The van der Waals surface area contributed by atoms with Crippen LogP contribution >= 0.6 is 0 Å². The standard InChI is InChI=1S/C19H22N4O2/c1-13(24)17-10-16-12-22(8-9-23(16)21-17)11-15-7-6-14-4-3-5-18(25-2)19(14)20-15/h3-7,10,13,24H,8-9,11-12H2,1-2H3. The molecular formula is C19H22N4O2. The van der Waals surface area contributed by atoms with Crippen molar-refractivity contribution in [3.63, 3.8) is 0 Å². The normalized spacial score (nSPS) is 16.0. The first-order chi connectivity index (χ1) is 12.1. The highest BCUT2D eigenvalue weighted by Crippen LogP contribution is 2.24. The van der Waals surface area contributed by atoms with E-state index in [9.17, 15) is 5.11 Å². The van der Waals surface area contributed by atoms with Crippen molar-refractivity contribution in [2.24, 2.45) is 0 Å². The fourth-order valence-corrected chi connectivity index (χ4v) is 3.32. The van der Waals surface area contributed by atoms with Crippen molar-refractivity contribution in [1.82, 2.24) is 19.7 Å². The van der Waals surface area contributed by atoms with Crippen molar-refractivity contribution in [2.45, 2.75) is 32.7 Å². The smallest absolute Gasteiger partial charge is 0.145 e. The number of nitrogens with zero attached hydrogens (tertiary/aromatic N) is 4. The largest absolute Gasteiger partial charge is 0.494 e. The zero-order chi connectivity index (χ0) is 17.4. The third kappa shape index (κ3) is 3.10. The van der Waals surface area contributed by atoms with Crippen LogP contribution in [0.5, 0.6) is 5.75 Å². The molecule has 0 aliphatic carbocycles. The van der Waals surface area contributed by atoms with Crippen molar-refractivity contribution in [3.05, 3.63) is 53.5 Å². The average molecular weight is 338 g/mol. The summed E-state index contributed by atoms with van der Waals surface area (Å²) in [6.45, 7) is 5.09. The number of para-hydroxylation sites is 1. The van der Waals surface area contributed by atoms with Gasteiger partial charge in [-0.2, -0.15) is 5.10 Å². The summed E-state index contributed by atoms with van der Waals surface area (Å²) < 4.78 is 7.43. The van der Waals surface area contributed by atoms with Gasteiger partial charge in [-0.15, -0.1) is 0 Å². The molecule has 0 amide bonds. The highest BCUT2D eigenvalue weighted by molar-refractivity contribution is 5.84. The molecule has 0 saturated heterocycles. The molecular weight excluding hydrogens is 316 g/mol. The highest BCUT2D eigenvalue weighted by atomic mass is 16.5. The second-order valence-corrected chi connectivity index (χ2v) is 6.50. The maximum absolute atomic E-state index is 9.71. The van der Waals surface area contributed by atoms with Gasteiger partial charge in [-0.25, -0.2) is 4.98 Å². The third-order valence-corrected chi connectivity index (χ3v) is 4.67. The number of aliphatic hydroxyl groups is 1. The van der Waals surface area contributed by atoms with Crippen LogP contribution in [0.3, 0.4) is 0 Å². The Morgan fingerprint density at radius 3 is 2.92 bits per heavy atom. The van der Waals surface area contributed by atoms with Crippen molar-refractivity contribution >= 4 is 10.9 Å². The molecule has 0 spiro atoms. The van der Waals surface area contributed by atoms with Gasteiger partial charge in [-0.05, 0) is 25.1 Å². The minimum atomic E-state index is -0.527. The minimum absolute atomic E-state index is 0.527. The first-order valence-electron chi connectivity index (χ1n) is 8.54. The van der Waals surface area contributed by atoms with E-state index in [-0.39, 0.29) is 0 Å². The summed E-state index contributed by atoms with van der Waals surface area (Å²) in [4.78, 5) is 7.15. The van der Waals surface area contributed by atoms with Gasteiger partial charge in [0.05, 0.1) is 36.8 Å². The van der Waals surface area contributed by atoms with Crippen LogP contribution in [-0.2, 0) is 19.6 Å². The fraction of sp³-hybridized carbons (Fsp3) is 0.368. The first kappa shape index (κ1) is 16.1. The summed E-state index contributed by atoms with van der Waals surface area (Å²) >= 11 is 0. The van der Waals surface area contributed by atoms with Crippen molar-refractivity contribution in [3.8, 4) is 5.75 Å². The Morgan fingerprint density at radius 1 is 1.24 bits per heavy atom. The van der Waals surface area contributed by atoms with E-state index >= 15 is 0 Å². The van der Waals surface area contributed by atoms with Gasteiger partial charge in [0, 0.05) is 25.0 Å². The van der Waals surface area contributed by atoms with Crippen LogP contribution in [0.15, 0.2) is 36.4 Å². The molecule has 3 aromatic rings. The molecule has 25 heavy (non-hydrogen) atoms. The number of aliphatic hydroxyl groups excluding tert-OH is 1. The SMILES string of the molecule is COc1cccc2ccc(CN3CCn4nc(C(C)O)cc4C3)nc12. The van der Waals surface area contributed by atoms with Gasteiger partial charge in [0.15, 0.2) is 0 Å². The van der Waals surface area contributed by atoms with E-state index in [1.54, 1.807) is 14.0 Å². The van der Waals surface area contributed by atoms with E-state index in [2.05, 4.69) is 22.1 Å². The predicted molar refractivity (Wildman–Crippen MR) is 95.3 cm³/mol. The van der Waals surface area contributed by atoms with Crippen LogP contribution in [0.2, 0.25) is 0 Å². The van der Waals surface area contributed by atoms with Crippen molar-refractivity contribution in [1.29, 1.82) is 0 Å². The van der Waals surface area contributed by atoms with Gasteiger partial charge in [0.2, 0.25) is 0 Å². The molecule has 0 radical (unpaired) electrons. The Kier molecular flexibility index (Phi) is 4.15. The molecule has 2 aromatic heterocycles. The molecule has 0 fully saturated rings. The van der Waals surface area contributed by atoms with Crippen LogP contribution in [0.25, 0.3) is 10.9 Å². The number of rotatable bonds is 4. The topological polar surface area (TPSA) is 63.4 Å². The lowest BCUT2D eigenvalue weighted by molar-refractivity contribution is 0.189. The average Bonchev–Trinajstić information content (AvgIpc) is 3.05. The quantitative estimate of drug-likeness (QED) is 0.792. The maximum atomic E-state index is 9.71. The van der Waals surface area contributed by atoms with Crippen LogP contribution in [0.1, 0.15) is 30.1 Å². The molecule has 0 bridgehead atoms. The molecule has 1 unspecified atom stereocenters. The lowest BCUT2D eigenvalue weighted by Gasteiger charge is -2.27. The highest BCUT2D eigenvalue weighted by Gasteiger charge is 2.20. The summed E-state index contributed by atoms with van der Waals surface area (Å²) in [7, 11) is 1.68. The van der Waals surface area contributed by atoms with Gasteiger partial charge in [0.1, 0.15) is 11.3 Å². The van der Waals surface area contributed by atoms with E-state index in [1.807, 2.05) is 28.9 Å². The molecule has 1 N–H and O–H groups in total. The van der Waals surface area contributed by atoms with Crippen molar-refractivity contribution in [2.75, 3.05) is 13.7 Å². The lowest BCUT2D eigenvalue weighted by atomic mass is 10.1. The Balaban J connectivity index is 1.55. The number of aromatic nitrogens is 3. The van der Waals surface area contributed by atoms with Gasteiger partial charge < -0.3 is 9.84 Å². The zero-order valence-electron chi connectivity index (χ0n) is 14.5. The number of fused-ring (bicyclic) bond motifs is 2. The second-order valence-electron chi connectivity index (χ2n) is 6.50. The van der Waals surface area contributed by atoms with Crippen LogP contribution in [0, 0.1) is 0 Å². The Labute approximate surface area is 146 Å². The minimum Gasteiger partial charge on any atom is -0.494 e. The lowest BCUT2D eigenvalue weighted by Crippen LogP contribution is -2.33. The summed E-state index contributed by atoms with van der Waals surface area (Å²) in [5.41, 5.74) is 3.81. The molecule has 6 heteroatoms. The Morgan fingerprint density at radius 2 is 2.12 bits per heavy atom. The Hall–Kier alpha value is -2.44. The van der Waals surface area contributed by atoms with E-state index in [0.29, 0.717) is 0 Å². The third-order valence-electron chi connectivity index (χ3n) is 4.67. The molecule has 1 aliphatic rings. The van der Waals surface area contributed by atoms with Gasteiger partial charge in [-0.3, -0.25) is 9.58 Å². The summed E-state index contributed by atoms with van der Waals surface area (Å²) in [5.74, 6) is 0.803. The maximum Gasteiger partial charge on any atom is 0.145 e. The summed E-state index contributed by atoms with van der Waals surface area (Å²) in [6.07, 6.45) is -0.527. The number of ether oxygens (including phenoxy) is 1. The van der Waals surface area contributed by atoms with E-state index in [0.717, 1.165) is 59.9 Å². The Bertz CT molecular complexity index is 904. The van der Waals surface area contributed by atoms with Gasteiger partial charge in [-0.1, -0.05) is 18.2 Å². The second kappa shape index (κ2) is 6.46. The van der Waals surface area contributed by atoms with E-state index in [1.165, 1.54) is 0 Å². The monoisotopic (exact) mass is 338 g/mol.